The standard InChI is InChI=1S/C16H14N4O6S2/c17-9-4-5-14(13(18)6-9)20-19-10-7-12-11(16(8-10)28(22,23)24)2-1-3-15(12)27-26-25-21/h1-8,21H,17-18H2,(H,22,23,24)/b20-19+. The maximum atomic E-state index is 11.8. The van der Waals surface area contributed by atoms with E-state index < -0.39 is 10.1 Å². The molecule has 0 amide bonds. The molecule has 0 spiro atoms. The molecule has 146 valence electrons. The lowest BCUT2D eigenvalue weighted by Gasteiger charge is -2.09. The van der Waals surface area contributed by atoms with E-state index in [4.69, 9.17) is 16.7 Å². The summed E-state index contributed by atoms with van der Waals surface area (Å²) in [6.07, 6.45) is 0. The van der Waals surface area contributed by atoms with Crippen molar-refractivity contribution in [2.75, 3.05) is 11.5 Å². The summed E-state index contributed by atoms with van der Waals surface area (Å²) in [5.41, 5.74) is 12.7. The van der Waals surface area contributed by atoms with Crippen molar-refractivity contribution in [2.45, 2.75) is 9.79 Å². The van der Waals surface area contributed by atoms with Gasteiger partial charge in [-0.1, -0.05) is 17.2 Å². The van der Waals surface area contributed by atoms with Gasteiger partial charge in [-0.25, -0.2) is 5.26 Å². The average Bonchev–Trinajstić information content (AvgIpc) is 2.64. The fourth-order valence-electron chi connectivity index (χ4n) is 2.48. The molecule has 6 N–H and O–H groups in total. The van der Waals surface area contributed by atoms with E-state index in [0.29, 0.717) is 39.4 Å². The van der Waals surface area contributed by atoms with Crippen molar-refractivity contribution >= 4 is 55.7 Å². The van der Waals surface area contributed by atoms with Gasteiger partial charge in [-0.3, -0.25) is 4.55 Å². The maximum Gasteiger partial charge on any atom is 0.295 e. The largest absolute Gasteiger partial charge is 0.399 e. The van der Waals surface area contributed by atoms with Gasteiger partial charge >= 0.3 is 0 Å². The Morgan fingerprint density at radius 1 is 1.00 bits per heavy atom. The van der Waals surface area contributed by atoms with E-state index in [-0.39, 0.29) is 16.0 Å². The molecule has 0 heterocycles. The van der Waals surface area contributed by atoms with Gasteiger partial charge in [0, 0.05) is 21.4 Å². The number of anilines is 2. The molecule has 3 aromatic rings. The van der Waals surface area contributed by atoms with Crippen molar-refractivity contribution < 1.29 is 27.6 Å². The fourth-order valence-corrected chi connectivity index (χ4v) is 3.70. The van der Waals surface area contributed by atoms with Crippen LogP contribution in [0.1, 0.15) is 0 Å². The summed E-state index contributed by atoms with van der Waals surface area (Å²) in [5.74, 6) is 0. The summed E-state index contributed by atoms with van der Waals surface area (Å²) in [6.45, 7) is 0. The Bertz CT molecular complexity index is 1170. The third-order valence-electron chi connectivity index (χ3n) is 3.66. The summed E-state index contributed by atoms with van der Waals surface area (Å²) >= 11 is 0.642. The molecule has 3 aromatic carbocycles. The molecule has 0 fully saturated rings. The Morgan fingerprint density at radius 3 is 2.46 bits per heavy atom. The lowest BCUT2D eigenvalue weighted by Crippen LogP contribution is -1.99. The van der Waals surface area contributed by atoms with Crippen LogP contribution in [0.15, 0.2) is 68.6 Å². The highest BCUT2D eigenvalue weighted by molar-refractivity contribution is 7.94. The van der Waals surface area contributed by atoms with Crippen molar-refractivity contribution in [1.29, 1.82) is 0 Å². The Kier molecular flexibility index (Phi) is 5.79. The second-order valence-electron chi connectivity index (χ2n) is 5.51. The monoisotopic (exact) mass is 422 g/mol. The molecule has 0 saturated carbocycles. The van der Waals surface area contributed by atoms with Crippen LogP contribution in [0.3, 0.4) is 0 Å². The van der Waals surface area contributed by atoms with Crippen LogP contribution in [0.5, 0.6) is 0 Å². The third-order valence-corrected chi connectivity index (χ3v) is 5.22. The van der Waals surface area contributed by atoms with Gasteiger partial charge in [-0.2, -0.15) is 13.5 Å². The second kappa shape index (κ2) is 8.10. The highest BCUT2D eigenvalue weighted by Crippen LogP contribution is 2.36. The highest BCUT2D eigenvalue weighted by atomic mass is 32.2. The number of hydrogen-bond donors (Lipinski definition) is 4. The first-order chi connectivity index (χ1) is 13.3. The maximum absolute atomic E-state index is 11.8. The van der Waals surface area contributed by atoms with Gasteiger partial charge in [0.05, 0.1) is 23.4 Å². The Morgan fingerprint density at radius 2 is 1.79 bits per heavy atom. The van der Waals surface area contributed by atoms with Crippen LogP contribution in [0.2, 0.25) is 0 Å². The molecule has 0 aliphatic heterocycles. The molecule has 0 atom stereocenters. The lowest BCUT2D eigenvalue weighted by molar-refractivity contribution is -0.432. The topological polar surface area (TPSA) is 170 Å². The van der Waals surface area contributed by atoms with Crippen LogP contribution in [-0.2, 0) is 19.5 Å². The zero-order valence-electron chi connectivity index (χ0n) is 14.0. The molecular weight excluding hydrogens is 408 g/mol. The molecule has 28 heavy (non-hydrogen) atoms. The van der Waals surface area contributed by atoms with Crippen LogP contribution in [0.4, 0.5) is 22.7 Å². The third kappa shape index (κ3) is 4.39. The number of nitrogens with two attached hydrogens (primary N) is 2. The zero-order chi connectivity index (χ0) is 20.3. The van der Waals surface area contributed by atoms with Crippen molar-refractivity contribution in [3.63, 3.8) is 0 Å². The average molecular weight is 422 g/mol. The summed E-state index contributed by atoms with van der Waals surface area (Å²) in [6, 6.07) is 12.0. The normalized spacial score (nSPS) is 12.1. The summed E-state index contributed by atoms with van der Waals surface area (Å²) in [7, 11) is -4.56. The molecule has 12 heteroatoms. The van der Waals surface area contributed by atoms with Gasteiger partial charge in [0.1, 0.15) is 10.6 Å². The van der Waals surface area contributed by atoms with Crippen molar-refractivity contribution in [2.24, 2.45) is 10.2 Å². The predicted octanol–water partition coefficient (Wildman–Crippen LogP) is 4.09. The number of rotatable bonds is 6. The Balaban J connectivity index is 2.15. The molecule has 0 unspecified atom stereocenters. The number of nitrogens with zero attached hydrogens (tertiary/aromatic N) is 2. The van der Waals surface area contributed by atoms with Crippen LogP contribution in [0.25, 0.3) is 10.8 Å². The van der Waals surface area contributed by atoms with Crippen molar-refractivity contribution in [3.8, 4) is 0 Å². The minimum absolute atomic E-state index is 0.134. The number of azo groups is 1. The minimum Gasteiger partial charge on any atom is -0.399 e. The van der Waals surface area contributed by atoms with Gasteiger partial charge in [-0.05, 0) is 36.4 Å². The molecule has 10 nitrogen and oxygen atoms in total. The van der Waals surface area contributed by atoms with E-state index in [9.17, 15) is 13.0 Å². The minimum atomic E-state index is -4.56. The van der Waals surface area contributed by atoms with Crippen molar-refractivity contribution in [3.05, 3.63) is 48.5 Å². The summed E-state index contributed by atoms with van der Waals surface area (Å²) in [4.78, 5) is 0.0390. The van der Waals surface area contributed by atoms with Gasteiger partial charge in [0.15, 0.2) is 0 Å². The molecule has 0 aliphatic rings. The molecular formula is C16H14N4O6S2. The number of nitrogen functional groups attached to an aromatic ring is 2. The van der Waals surface area contributed by atoms with E-state index in [2.05, 4.69) is 19.6 Å². The fraction of sp³-hybridized carbons (Fsp3) is 0. The van der Waals surface area contributed by atoms with Crippen LogP contribution in [-0.4, -0.2) is 18.2 Å². The van der Waals surface area contributed by atoms with Crippen LogP contribution >= 0.6 is 12.0 Å². The van der Waals surface area contributed by atoms with E-state index in [1.807, 2.05) is 0 Å². The SMILES string of the molecule is Nc1ccc(/N=N/c2cc(S(=O)(=O)O)c3cccc(SOOO)c3c2)c(N)c1. The smallest absolute Gasteiger partial charge is 0.295 e. The van der Waals surface area contributed by atoms with E-state index >= 15 is 0 Å². The van der Waals surface area contributed by atoms with Gasteiger partial charge < -0.3 is 11.5 Å². The Hall–Kier alpha value is -2.74. The van der Waals surface area contributed by atoms with E-state index in [1.165, 1.54) is 24.3 Å². The summed E-state index contributed by atoms with van der Waals surface area (Å²) < 4.78 is 37.7. The first-order valence-corrected chi connectivity index (χ1v) is 9.73. The number of fused-ring (bicyclic) bond motifs is 1. The molecule has 3 rings (SSSR count). The summed E-state index contributed by atoms with van der Waals surface area (Å²) in [5, 5.41) is 20.6. The first-order valence-electron chi connectivity index (χ1n) is 7.55. The second-order valence-corrected chi connectivity index (χ2v) is 7.65. The first kappa shape index (κ1) is 20.0. The van der Waals surface area contributed by atoms with Gasteiger partial charge in [0.2, 0.25) is 0 Å². The lowest BCUT2D eigenvalue weighted by atomic mass is 10.1. The zero-order valence-corrected chi connectivity index (χ0v) is 15.6. The molecule has 0 aromatic heterocycles. The van der Waals surface area contributed by atoms with Crippen LogP contribution in [0, 0.1) is 0 Å². The molecule has 0 radical (unpaired) electrons. The molecule has 0 saturated heterocycles. The quantitative estimate of drug-likeness (QED) is 0.114. The van der Waals surface area contributed by atoms with Crippen LogP contribution < -0.4 is 11.5 Å². The number of hydrogen-bond acceptors (Lipinski definition) is 10. The molecule has 0 aliphatic carbocycles. The van der Waals surface area contributed by atoms with Gasteiger partial charge in [0.25, 0.3) is 10.1 Å². The number of benzene rings is 3. The van der Waals surface area contributed by atoms with E-state index in [0.717, 1.165) is 0 Å². The predicted molar refractivity (Wildman–Crippen MR) is 104 cm³/mol. The molecule has 0 bridgehead atoms. The highest BCUT2D eigenvalue weighted by Gasteiger charge is 2.18. The van der Waals surface area contributed by atoms with E-state index in [1.54, 1.807) is 24.3 Å². The Labute approximate surface area is 163 Å². The van der Waals surface area contributed by atoms with Gasteiger partial charge in [-0.15, -0.1) is 9.45 Å². The van der Waals surface area contributed by atoms with Crippen molar-refractivity contribution in [1.82, 2.24) is 0 Å².